The summed E-state index contributed by atoms with van der Waals surface area (Å²) >= 11 is 8.21. The number of benzene rings is 1. The van der Waals surface area contributed by atoms with Crippen LogP contribution in [-0.2, 0) is 0 Å². The number of thiocarbonyl (C=S) groups is 1. The minimum Gasteiger partial charge on any atom is -0.393 e. The van der Waals surface area contributed by atoms with Crippen LogP contribution in [0.25, 0.3) is 0 Å². The molecule has 0 spiro atoms. The third-order valence-corrected chi connectivity index (χ3v) is 3.51. The van der Waals surface area contributed by atoms with E-state index in [2.05, 4.69) is 20.9 Å². The van der Waals surface area contributed by atoms with Crippen molar-refractivity contribution in [2.45, 2.75) is 6.42 Å². The number of anilines is 1. The summed E-state index contributed by atoms with van der Waals surface area (Å²) in [6.07, 6.45) is 2.07. The van der Waals surface area contributed by atoms with Gasteiger partial charge in [0.05, 0.1) is 4.99 Å². The van der Waals surface area contributed by atoms with Crippen molar-refractivity contribution in [1.29, 1.82) is 0 Å². The summed E-state index contributed by atoms with van der Waals surface area (Å²) in [6.45, 7) is 0.427. The third-order valence-electron chi connectivity index (χ3n) is 2.84. The van der Waals surface area contributed by atoms with E-state index in [0.717, 1.165) is 10.2 Å². The Labute approximate surface area is 137 Å². The summed E-state index contributed by atoms with van der Waals surface area (Å²) in [6, 6.07) is 12.9. The van der Waals surface area contributed by atoms with Crippen molar-refractivity contribution in [2.24, 2.45) is 5.73 Å². The summed E-state index contributed by atoms with van der Waals surface area (Å²) in [5, 5.41) is 0. The van der Waals surface area contributed by atoms with Crippen LogP contribution < -0.4 is 10.6 Å². The van der Waals surface area contributed by atoms with E-state index in [1.807, 2.05) is 30.3 Å². The van der Waals surface area contributed by atoms with E-state index in [4.69, 9.17) is 18.0 Å². The van der Waals surface area contributed by atoms with Gasteiger partial charge in [0, 0.05) is 29.3 Å². The Balaban J connectivity index is 2.28. The first-order valence-corrected chi connectivity index (χ1v) is 7.55. The number of aromatic nitrogens is 1. The van der Waals surface area contributed by atoms with E-state index in [0.29, 0.717) is 23.6 Å². The number of carbonyl (C=O) groups is 1. The number of pyridine rings is 1. The van der Waals surface area contributed by atoms with Crippen molar-refractivity contribution in [3.63, 3.8) is 0 Å². The van der Waals surface area contributed by atoms with E-state index in [1.165, 1.54) is 0 Å². The minimum atomic E-state index is -0.176. The molecule has 0 saturated carbocycles. The highest BCUT2D eigenvalue weighted by molar-refractivity contribution is 9.10. The van der Waals surface area contributed by atoms with Gasteiger partial charge in [0.15, 0.2) is 0 Å². The molecule has 0 bridgehead atoms. The molecule has 108 valence electrons. The molecule has 1 aromatic heterocycles. The molecule has 1 amide bonds. The lowest BCUT2D eigenvalue weighted by atomic mass is 10.2. The van der Waals surface area contributed by atoms with Crippen LogP contribution in [0.2, 0.25) is 0 Å². The molecule has 4 nitrogen and oxygen atoms in total. The van der Waals surface area contributed by atoms with Gasteiger partial charge in [-0.2, -0.15) is 0 Å². The van der Waals surface area contributed by atoms with Crippen molar-refractivity contribution in [2.75, 3.05) is 11.4 Å². The minimum absolute atomic E-state index is 0.176. The Hall–Kier alpha value is -1.79. The molecule has 0 saturated heterocycles. The lowest BCUT2D eigenvalue weighted by molar-refractivity contribution is 0.0983. The van der Waals surface area contributed by atoms with E-state index in [9.17, 15) is 4.79 Å². The molecule has 1 heterocycles. The number of para-hydroxylation sites is 1. The van der Waals surface area contributed by atoms with Gasteiger partial charge in [-0.1, -0.05) is 30.4 Å². The van der Waals surface area contributed by atoms with Crippen LogP contribution in [0.15, 0.2) is 53.1 Å². The smallest absolute Gasteiger partial charge is 0.276 e. The van der Waals surface area contributed by atoms with Crippen molar-refractivity contribution >= 4 is 44.7 Å². The van der Waals surface area contributed by atoms with Crippen molar-refractivity contribution in [1.82, 2.24) is 4.98 Å². The standard InChI is InChI=1S/C15H14BrN3OS/c16-11-6-7-13(18-10-11)15(20)19(9-8-14(17)21)12-4-2-1-3-5-12/h1-7,10H,8-9H2,(H2,17,21). The second kappa shape index (κ2) is 7.28. The summed E-state index contributed by atoms with van der Waals surface area (Å²) < 4.78 is 0.827. The number of hydrogen-bond donors (Lipinski definition) is 1. The van der Waals surface area contributed by atoms with Crippen LogP contribution in [-0.4, -0.2) is 22.4 Å². The van der Waals surface area contributed by atoms with Crippen LogP contribution >= 0.6 is 28.1 Å². The number of amides is 1. The molecule has 2 aromatic rings. The van der Waals surface area contributed by atoms with Gasteiger partial charge in [0.2, 0.25) is 0 Å². The fraction of sp³-hybridized carbons (Fsp3) is 0.133. The van der Waals surface area contributed by atoms with Crippen molar-refractivity contribution in [3.05, 3.63) is 58.8 Å². The molecule has 6 heteroatoms. The zero-order valence-electron chi connectivity index (χ0n) is 11.2. The monoisotopic (exact) mass is 363 g/mol. The SMILES string of the molecule is NC(=S)CCN(C(=O)c1ccc(Br)cn1)c1ccccc1. The fourth-order valence-electron chi connectivity index (χ4n) is 1.82. The van der Waals surface area contributed by atoms with Gasteiger partial charge in [-0.3, -0.25) is 4.79 Å². The topological polar surface area (TPSA) is 59.2 Å². The second-order valence-electron chi connectivity index (χ2n) is 4.37. The van der Waals surface area contributed by atoms with Crippen LogP contribution in [0.5, 0.6) is 0 Å². The van der Waals surface area contributed by atoms with Gasteiger partial charge >= 0.3 is 0 Å². The molecule has 21 heavy (non-hydrogen) atoms. The Morgan fingerprint density at radius 2 is 1.95 bits per heavy atom. The highest BCUT2D eigenvalue weighted by Gasteiger charge is 2.18. The summed E-state index contributed by atoms with van der Waals surface area (Å²) in [5.41, 5.74) is 6.72. The highest BCUT2D eigenvalue weighted by Crippen LogP contribution is 2.17. The number of rotatable bonds is 5. The van der Waals surface area contributed by atoms with Crippen LogP contribution in [0.4, 0.5) is 5.69 Å². The molecule has 0 aliphatic carbocycles. The Morgan fingerprint density at radius 3 is 2.52 bits per heavy atom. The zero-order chi connectivity index (χ0) is 15.2. The number of nitrogens with two attached hydrogens (primary N) is 1. The molecule has 0 radical (unpaired) electrons. The first-order chi connectivity index (χ1) is 10.1. The van der Waals surface area contributed by atoms with Gasteiger partial charge in [-0.05, 0) is 40.2 Å². The van der Waals surface area contributed by atoms with Gasteiger partial charge in [-0.15, -0.1) is 0 Å². The molecule has 1 aromatic carbocycles. The molecule has 0 aliphatic heterocycles. The lowest BCUT2D eigenvalue weighted by Crippen LogP contribution is -2.34. The average molecular weight is 364 g/mol. The summed E-state index contributed by atoms with van der Waals surface area (Å²) in [7, 11) is 0. The van der Waals surface area contributed by atoms with E-state index in [1.54, 1.807) is 23.2 Å². The Kier molecular flexibility index (Phi) is 5.41. The van der Waals surface area contributed by atoms with Crippen molar-refractivity contribution in [3.8, 4) is 0 Å². The molecule has 0 unspecified atom stereocenters. The van der Waals surface area contributed by atoms with Gasteiger partial charge in [0.25, 0.3) is 5.91 Å². The summed E-state index contributed by atoms with van der Waals surface area (Å²) in [4.78, 5) is 18.8. The normalized spacial score (nSPS) is 10.1. The maximum atomic E-state index is 12.6. The lowest BCUT2D eigenvalue weighted by Gasteiger charge is -2.22. The molecule has 0 fully saturated rings. The van der Waals surface area contributed by atoms with Gasteiger partial charge < -0.3 is 10.6 Å². The van der Waals surface area contributed by atoms with E-state index in [-0.39, 0.29) is 5.91 Å². The number of nitrogens with zero attached hydrogens (tertiary/aromatic N) is 2. The maximum absolute atomic E-state index is 12.6. The van der Waals surface area contributed by atoms with E-state index < -0.39 is 0 Å². The molecular formula is C15H14BrN3OS. The molecule has 0 aliphatic rings. The predicted molar refractivity (Wildman–Crippen MR) is 91.5 cm³/mol. The highest BCUT2D eigenvalue weighted by atomic mass is 79.9. The maximum Gasteiger partial charge on any atom is 0.276 e. The van der Waals surface area contributed by atoms with Crippen LogP contribution in [0, 0.1) is 0 Å². The first kappa shape index (κ1) is 15.6. The zero-order valence-corrected chi connectivity index (χ0v) is 13.6. The second-order valence-corrected chi connectivity index (χ2v) is 5.81. The first-order valence-electron chi connectivity index (χ1n) is 6.34. The van der Waals surface area contributed by atoms with Crippen LogP contribution in [0.1, 0.15) is 16.9 Å². The number of carbonyl (C=O) groups excluding carboxylic acids is 1. The predicted octanol–water partition coefficient (Wildman–Crippen LogP) is 3.17. The average Bonchev–Trinajstić information content (AvgIpc) is 2.49. The Bertz CT molecular complexity index is 631. The largest absolute Gasteiger partial charge is 0.393 e. The Morgan fingerprint density at radius 1 is 1.24 bits per heavy atom. The van der Waals surface area contributed by atoms with Crippen molar-refractivity contribution < 1.29 is 4.79 Å². The van der Waals surface area contributed by atoms with Crippen LogP contribution in [0.3, 0.4) is 0 Å². The quantitative estimate of drug-likeness (QED) is 0.828. The fourth-order valence-corrected chi connectivity index (χ4v) is 2.14. The number of halogens is 1. The molecule has 2 N–H and O–H groups in total. The van der Waals surface area contributed by atoms with Gasteiger partial charge in [-0.25, -0.2) is 4.98 Å². The van der Waals surface area contributed by atoms with Gasteiger partial charge in [0.1, 0.15) is 5.69 Å². The third kappa shape index (κ3) is 4.34. The number of hydrogen-bond acceptors (Lipinski definition) is 3. The molecular weight excluding hydrogens is 350 g/mol. The molecule has 0 atom stereocenters. The van der Waals surface area contributed by atoms with E-state index >= 15 is 0 Å². The summed E-state index contributed by atoms with van der Waals surface area (Å²) in [5.74, 6) is -0.176. The molecule has 2 rings (SSSR count).